The summed E-state index contributed by atoms with van der Waals surface area (Å²) >= 11 is 0. The first kappa shape index (κ1) is 18.5. The Morgan fingerprint density at radius 2 is 1.81 bits per heavy atom. The SMILES string of the molecule is CC1CCC(COC(=O)C(CC(C)(C)C)C(C)(C)C)CO1. The Hall–Kier alpha value is -0.570. The molecule has 1 fully saturated rings. The lowest BCUT2D eigenvalue weighted by Gasteiger charge is -2.34. The maximum Gasteiger partial charge on any atom is 0.309 e. The average molecular weight is 298 g/mol. The fourth-order valence-corrected chi connectivity index (χ4v) is 2.72. The Bertz CT molecular complexity index is 327. The van der Waals surface area contributed by atoms with Crippen molar-refractivity contribution in [3.8, 4) is 0 Å². The summed E-state index contributed by atoms with van der Waals surface area (Å²) in [4.78, 5) is 12.5. The van der Waals surface area contributed by atoms with Crippen molar-refractivity contribution in [2.75, 3.05) is 13.2 Å². The molecular weight excluding hydrogens is 264 g/mol. The normalized spacial score (nSPS) is 25.5. The predicted octanol–water partition coefficient (Wildman–Crippen LogP) is 4.44. The zero-order valence-corrected chi connectivity index (χ0v) is 15.0. The van der Waals surface area contributed by atoms with Crippen LogP contribution in [0.2, 0.25) is 0 Å². The molecule has 0 bridgehead atoms. The number of hydrogen-bond acceptors (Lipinski definition) is 3. The largest absolute Gasteiger partial charge is 0.465 e. The molecule has 0 saturated carbocycles. The molecule has 0 N–H and O–H groups in total. The van der Waals surface area contributed by atoms with Gasteiger partial charge in [0.2, 0.25) is 0 Å². The molecule has 0 radical (unpaired) electrons. The summed E-state index contributed by atoms with van der Waals surface area (Å²) in [5.74, 6) is 0.261. The molecule has 1 aliphatic rings. The van der Waals surface area contributed by atoms with Gasteiger partial charge in [-0.2, -0.15) is 0 Å². The van der Waals surface area contributed by atoms with Crippen LogP contribution in [0.15, 0.2) is 0 Å². The number of esters is 1. The van der Waals surface area contributed by atoms with Gasteiger partial charge in [-0.1, -0.05) is 41.5 Å². The van der Waals surface area contributed by atoms with E-state index in [1.807, 2.05) is 0 Å². The van der Waals surface area contributed by atoms with E-state index in [1.54, 1.807) is 0 Å². The summed E-state index contributed by atoms with van der Waals surface area (Å²) in [7, 11) is 0. The molecule has 0 aliphatic carbocycles. The molecule has 21 heavy (non-hydrogen) atoms. The highest BCUT2D eigenvalue weighted by molar-refractivity contribution is 5.73. The highest BCUT2D eigenvalue weighted by Crippen LogP contribution is 2.37. The van der Waals surface area contributed by atoms with E-state index < -0.39 is 0 Å². The van der Waals surface area contributed by atoms with Crippen LogP contribution in [-0.4, -0.2) is 25.3 Å². The van der Waals surface area contributed by atoms with E-state index in [9.17, 15) is 4.79 Å². The fraction of sp³-hybridized carbons (Fsp3) is 0.944. The van der Waals surface area contributed by atoms with Crippen molar-refractivity contribution in [3.63, 3.8) is 0 Å². The molecule has 0 aromatic heterocycles. The summed E-state index contributed by atoms with van der Waals surface area (Å²) in [6.45, 7) is 16.2. The van der Waals surface area contributed by atoms with Crippen LogP contribution in [-0.2, 0) is 14.3 Å². The molecule has 1 saturated heterocycles. The molecule has 0 aromatic rings. The standard InChI is InChI=1S/C18H34O3/c1-13-8-9-14(11-20-13)12-21-16(19)15(18(5,6)7)10-17(2,3)4/h13-15H,8-12H2,1-7H3. The summed E-state index contributed by atoms with van der Waals surface area (Å²) < 4.78 is 11.3. The van der Waals surface area contributed by atoms with Crippen molar-refractivity contribution in [1.82, 2.24) is 0 Å². The Kier molecular flexibility index (Phi) is 6.27. The molecule has 0 spiro atoms. The molecule has 0 aromatic carbocycles. The first-order valence-electron chi connectivity index (χ1n) is 8.27. The topological polar surface area (TPSA) is 35.5 Å². The van der Waals surface area contributed by atoms with Gasteiger partial charge in [-0.25, -0.2) is 0 Å². The lowest BCUT2D eigenvalue weighted by Crippen LogP contribution is -2.35. The minimum atomic E-state index is -0.0675. The highest BCUT2D eigenvalue weighted by Gasteiger charge is 2.36. The van der Waals surface area contributed by atoms with Crippen molar-refractivity contribution in [2.24, 2.45) is 22.7 Å². The van der Waals surface area contributed by atoms with Crippen LogP contribution in [0.25, 0.3) is 0 Å². The van der Waals surface area contributed by atoms with Crippen LogP contribution >= 0.6 is 0 Å². The highest BCUT2D eigenvalue weighted by atomic mass is 16.5. The third-order valence-corrected chi connectivity index (χ3v) is 4.21. The lowest BCUT2D eigenvalue weighted by molar-refractivity contribution is -0.157. The average Bonchev–Trinajstić information content (AvgIpc) is 2.32. The first-order valence-corrected chi connectivity index (χ1v) is 8.27. The van der Waals surface area contributed by atoms with Crippen molar-refractivity contribution in [3.05, 3.63) is 0 Å². The maximum atomic E-state index is 12.5. The van der Waals surface area contributed by atoms with Gasteiger partial charge in [0, 0.05) is 5.92 Å². The Balaban J connectivity index is 2.53. The van der Waals surface area contributed by atoms with Crippen molar-refractivity contribution < 1.29 is 14.3 Å². The monoisotopic (exact) mass is 298 g/mol. The number of carbonyl (C=O) groups excluding carboxylic acids is 1. The molecule has 3 heteroatoms. The van der Waals surface area contributed by atoms with Crippen LogP contribution in [0, 0.1) is 22.7 Å². The van der Waals surface area contributed by atoms with E-state index in [-0.39, 0.29) is 22.7 Å². The van der Waals surface area contributed by atoms with Gasteiger partial charge in [0.15, 0.2) is 0 Å². The van der Waals surface area contributed by atoms with Gasteiger partial charge in [-0.3, -0.25) is 4.79 Å². The number of hydrogen-bond donors (Lipinski definition) is 0. The number of carbonyl (C=O) groups is 1. The van der Waals surface area contributed by atoms with Gasteiger partial charge >= 0.3 is 5.97 Å². The minimum Gasteiger partial charge on any atom is -0.465 e. The second-order valence-electron chi connectivity index (χ2n) is 8.90. The summed E-state index contributed by atoms with van der Waals surface area (Å²) in [6.07, 6.45) is 3.36. The fourth-order valence-electron chi connectivity index (χ4n) is 2.72. The molecule has 1 heterocycles. The zero-order valence-electron chi connectivity index (χ0n) is 15.0. The van der Waals surface area contributed by atoms with Crippen LogP contribution < -0.4 is 0 Å². The molecule has 3 atom stereocenters. The van der Waals surface area contributed by atoms with Crippen LogP contribution in [0.5, 0.6) is 0 Å². The van der Waals surface area contributed by atoms with Gasteiger partial charge in [0.05, 0.1) is 25.2 Å². The third kappa shape index (κ3) is 6.82. The molecule has 1 aliphatic heterocycles. The number of ether oxygens (including phenoxy) is 2. The molecule has 124 valence electrons. The molecule has 1 rings (SSSR count). The Morgan fingerprint density at radius 1 is 1.19 bits per heavy atom. The van der Waals surface area contributed by atoms with Gasteiger partial charge in [-0.05, 0) is 37.0 Å². The van der Waals surface area contributed by atoms with E-state index in [0.29, 0.717) is 25.2 Å². The maximum absolute atomic E-state index is 12.5. The van der Waals surface area contributed by atoms with Crippen LogP contribution in [0.3, 0.4) is 0 Å². The predicted molar refractivity (Wildman–Crippen MR) is 86.1 cm³/mol. The molecule has 3 unspecified atom stereocenters. The number of rotatable bonds is 4. The van der Waals surface area contributed by atoms with E-state index in [2.05, 4.69) is 48.5 Å². The van der Waals surface area contributed by atoms with Crippen molar-refractivity contribution in [2.45, 2.75) is 73.8 Å². The molecule has 0 amide bonds. The van der Waals surface area contributed by atoms with Crippen molar-refractivity contribution >= 4 is 5.97 Å². The minimum absolute atomic E-state index is 0.0453. The molecular formula is C18H34O3. The van der Waals surface area contributed by atoms with Gasteiger partial charge in [0.1, 0.15) is 0 Å². The van der Waals surface area contributed by atoms with Crippen LogP contribution in [0.4, 0.5) is 0 Å². The lowest BCUT2D eigenvalue weighted by atomic mass is 9.72. The smallest absolute Gasteiger partial charge is 0.309 e. The second-order valence-corrected chi connectivity index (χ2v) is 8.90. The van der Waals surface area contributed by atoms with E-state index >= 15 is 0 Å². The second kappa shape index (κ2) is 7.13. The van der Waals surface area contributed by atoms with Crippen molar-refractivity contribution in [1.29, 1.82) is 0 Å². The molecule has 3 nitrogen and oxygen atoms in total. The Labute approximate surface area is 130 Å². The van der Waals surface area contributed by atoms with Gasteiger partial charge in [-0.15, -0.1) is 0 Å². The first-order chi connectivity index (χ1) is 9.49. The summed E-state index contributed by atoms with van der Waals surface area (Å²) in [5, 5.41) is 0. The Morgan fingerprint density at radius 3 is 2.24 bits per heavy atom. The van der Waals surface area contributed by atoms with E-state index in [4.69, 9.17) is 9.47 Å². The quantitative estimate of drug-likeness (QED) is 0.720. The summed E-state index contributed by atoms with van der Waals surface area (Å²) in [5.41, 5.74) is 0.0578. The van der Waals surface area contributed by atoms with E-state index in [1.165, 1.54) is 0 Å². The van der Waals surface area contributed by atoms with Gasteiger partial charge < -0.3 is 9.47 Å². The van der Waals surface area contributed by atoms with Crippen LogP contribution in [0.1, 0.15) is 67.7 Å². The summed E-state index contributed by atoms with van der Waals surface area (Å²) in [6, 6.07) is 0. The zero-order chi connectivity index (χ0) is 16.3. The third-order valence-electron chi connectivity index (χ3n) is 4.21. The van der Waals surface area contributed by atoms with Gasteiger partial charge in [0.25, 0.3) is 0 Å². The van der Waals surface area contributed by atoms with E-state index in [0.717, 1.165) is 19.3 Å².